The average Bonchev–Trinajstić information content (AvgIpc) is 2.64. The fourth-order valence-corrected chi connectivity index (χ4v) is 1.49. The van der Waals surface area contributed by atoms with Gasteiger partial charge in [-0.05, 0) is 19.4 Å². The molecule has 0 aliphatic carbocycles. The van der Waals surface area contributed by atoms with Crippen LogP contribution in [0.3, 0.4) is 0 Å². The molecule has 2 rings (SSSR count). The number of aryl methyl sites for hydroxylation is 1. The molecule has 0 fully saturated rings. The van der Waals surface area contributed by atoms with E-state index in [0.717, 1.165) is 25.0 Å². The van der Waals surface area contributed by atoms with Crippen LogP contribution in [-0.4, -0.2) is 26.1 Å². The van der Waals surface area contributed by atoms with E-state index in [1.165, 1.54) is 6.33 Å². The Morgan fingerprint density at radius 2 is 2.00 bits per heavy atom. The first-order valence-electron chi connectivity index (χ1n) is 4.94. The van der Waals surface area contributed by atoms with Crippen LogP contribution in [0.1, 0.15) is 12.8 Å². The lowest BCUT2D eigenvalue weighted by molar-refractivity contribution is 0.623. The number of nitrogen functional groups attached to an aromatic ring is 1. The van der Waals surface area contributed by atoms with Crippen LogP contribution in [0.4, 0.5) is 5.82 Å². The number of halogens is 1. The first-order valence-corrected chi connectivity index (χ1v) is 4.94. The number of hydrogen-bond acceptors (Lipinski definition) is 5. The molecule has 7 heteroatoms. The van der Waals surface area contributed by atoms with Crippen LogP contribution >= 0.6 is 12.4 Å². The molecule has 6 nitrogen and oxygen atoms in total. The summed E-state index contributed by atoms with van der Waals surface area (Å²) in [5.74, 6) is 0.428. The Morgan fingerprint density at radius 1 is 1.19 bits per heavy atom. The Morgan fingerprint density at radius 3 is 2.75 bits per heavy atom. The van der Waals surface area contributed by atoms with Crippen LogP contribution in [0.25, 0.3) is 11.2 Å². The van der Waals surface area contributed by atoms with Gasteiger partial charge in [0.2, 0.25) is 0 Å². The number of imidazole rings is 1. The van der Waals surface area contributed by atoms with Crippen LogP contribution in [0.5, 0.6) is 0 Å². The SMILES string of the molecule is Cl.NCCCCn1cnc2c(N)ncnc21. The summed E-state index contributed by atoms with van der Waals surface area (Å²) in [5.41, 5.74) is 12.6. The molecule has 2 heterocycles. The number of hydrogen-bond donors (Lipinski definition) is 2. The highest BCUT2D eigenvalue weighted by molar-refractivity contribution is 5.85. The number of aromatic nitrogens is 4. The summed E-state index contributed by atoms with van der Waals surface area (Å²) >= 11 is 0. The van der Waals surface area contributed by atoms with E-state index in [1.807, 2.05) is 4.57 Å². The minimum absolute atomic E-state index is 0. The number of anilines is 1. The van der Waals surface area contributed by atoms with Crippen LogP contribution < -0.4 is 11.5 Å². The second-order valence-corrected chi connectivity index (χ2v) is 3.36. The van der Waals surface area contributed by atoms with Crippen molar-refractivity contribution in [2.75, 3.05) is 12.3 Å². The van der Waals surface area contributed by atoms with Crippen molar-refractivity contribution < 1.29 is 0 Å². The molecule has 0 aromatic carbocycles. The Bertz CT molecular complexity index is 454. The molecule has 0 aliphatic heterocycles. The zero-order chi connectivity index (χ0) is 10.7. The summed E-state index contributed by atoms with van der Waals surface area (Å²) in [6.45, 7) is 1.58. The molecule has 0 saturated carbocycles. The van der Waals surface area contributed by atoms with E-state index in [4.69, 9.17) is 11.5 Å². The molecular weight excluding hydrogens is 228 g/mol. The van der Waals surface area contributed by atoms with Gasteiger partial charge in [-0.15, -0.1) is 12.4 Å². The minimum Gasteiger partial charge on any atom is -0.382 e. The predicted octanol–water partition coefficient (Wildman–Crippen LogP) is 0.569. The first-order chi connectivity index (χ1) is 7.33. The third-order valence-electron chi connectivity index (χ3n) is 2.28. The first kappa shape index (κ1) is 12.7. The molecule has 2 aromatic heterocycles. The van der Waals surface area contributed by atoms with Crippen molar-refractivity contribution in [1.29, 1.82) is 0 Å². The molecule has 2 aromatic rings. The number of nitrogens with two attached hydrogens (primary N) is 2. The lowest BCUT2D eigenvalue weighted by Gasteiger charge is -2.02. The highest BCUT2D eigenvalue weighted by atomic mass is 35.5. The fraction of sp³-hybridized carbons (Fsp3) is 0.444. The van der Waals surface area contributed by atoms with Gasteiger partial charge in [0.1, 0.15) is 11.8 Å². The third kappa shape index (κ3) is 2.40. The lowest BCUT2D eigenvalue weighted by Crippen LogP contribution is -2.03. The summed E-state index contributed by atoms with van der Waals surface area (Å²) in [6, 6.07) is 0. The van der Waals surface area contributed by atoms with Crippen molar-refractivity contribution in [1.82, 2.24) is 19.5 Å². The second-order valence-electron chi connectivity index (χ2n) is 3.36. The van der Waals surface area contributed by atoms with Crippen molar-refractivity contribution >= 4 is 29.4 Å². The summed E-state index contributed by atoms with van der Waals surface area (Å²) < 4.78 is 1.98. The zero-order valence-electron chi connectivity index (χ0n) is 8.83. The van der Waals surface area contributed by atoms with Crippen LogP contribution in [0, 0.1) is 0 Å². The maximum Gasteiger partial charge on any atom is 0.165 e. The molecule has 0 bridgehead atoms. The van der Waals surface area contributed by atoms with E-state index in [2.05, 4.69) is 15.0 Å². The maximum absolute atomic E-state index is 5.68. The van der Waals surface area contributed by atoms with Gasteiger partial charge in [0.25, 0.3) is 0 Å². The molecule has 0 radical (unpaired) electrons. The summed E-state index contributed by atoms with van der Waals surface area (Å²) in [4.78, 5) is 12.2. The van der Waals surface area contributed by atoms with E-state index in [9.17, 15) is 0 Å². The maximum atomic E-state index is 5.68. The number of fused-ring (bicyclic) bond motifs is 1. The number of unbranched alkanes of at least 4 members (excludes halogenated alkanes) is 1. The number of rotatable bonds is 4. The van der Waals surface area contributed by atoms with Gasteiger partial charge < -0.3 is 16.0 Å². The standard InChI is InChI=1S/C9H14N6.ClH/c10-3-1-2-4-15-6-14-7-8(11)12-5-13-9(7)15;/h5-6H,1-4,10H2,(H2,11,12,13);1H. The Kier molecular flexibility index (Phi) is 4.45. The van der Waals surface area contributed by atoms with Gasteiger partial charge in [0, 0.05) is 6.54 Å². The van der Waals surface area contributed by atoms with E-state index in [0.29, 0.717) is 17.9 Å². The van der Waals surface area contributed by atoms with Gasteiger partial charge in [0.15, 0.2) is 11.5 Å². The highest BCUT2D eigenvalue weighted by Gasteiger charge is 2.06. The van der Waals surface area contributed by atoms with Crippen molar-refractivity contribution in [2.45, 2.75) is 19.4 Å². The molecular formula is C9H15ClN6. The van der Waals surface area contributed by atoms with E-state index in [1.54, 1.807) is 6.33 Å². The quantitative estimate of drug-likeness (QED) is 0.765. The van der Waals surface area contributed by atoms with E-state index < -0.39 is 0 Å². The normalized spacial score (nSPS) is 10.3. The second kappa shape index (κ2) is 5.62. The molecule has 88 valence electrons. The molecule has 0 saturated heterocycles. The predicted molar refractivity (Wildman–Crippen MR) is 65.3 cm³/mol. The Balaban J connectivity index is 0.00000128. The summed E-state index contributed by atoms with van der Waals surface area (Å²) in [7, 11) is 0. The molecule has 0 unspecified atom stereocenters. The van der Waals surface area contributed by atoms with Gasteiger partial charge in [0.05, 0.1) is 6.33 Å². The minimum atomic E-state index is 0. The van der Waals surface area contributed by atoms with E-state index in [-0.39, 0.29) is 12.4 Å². The average molecular weight is 243 g/mol. The zero-order valence-corrected chi connectivity index (χ0v) is 9.65. The molecule has 0 aliphatic rings. The van der Waals surface area contributed by atoms with Crippen molar-refractivity contribution in [3.63, 3.8) is 0 Å². The summed E-state index contributed by atoms with van der Waals surface area (Å²) in [6.07, 6.45) is 5.22. The molecule has 0 atom stereocenters. The van der Waals surface area contributed by atoms with E-state index >= 15 is 0 Å². The van der Waals surface area contributed by atoms with Crippen molar-refractivity contribution in [2.24, 2.45) is 5.73 Å². The van der Waals surface area contributed by atoms with Gasteiger partial charge in [-0.1, -0.05) is 0 Å². The molecule has 0 spiro atoms. The van der Waals surface area contributed by atoms with Gasteiger partial charge >= 0.3 is 0 Å². The van der Waals surface area contributed by atoms with Crippen LogP contribution in [0.2, 0.25) is 0 Å². The highest BCUT2D eigenvalue weighted by Crippen LogP contribution is 2.14. The topological polar surface area (TPSA) is 95.6 Å². The molecule has 0 amide bonds. The Hall–Kier alpha value is -1.40. The smallest absolute Gasteiger partial charge is 0.165 e. The largest absolute Gasteiger partial charge is 0.382 e. The van der Waals surface area contributed by atoms with Gasteiger partial charge in [-0.2, -0.15) is 0 Å². The molecule has 16 heavy (non-hydrogen) atoms. The van der Waals surface area contributed by atoms with Gasteiger partial charge in [-0.25, -0.2) is 15.0 Å². The third-order valence-corrected chi connectivity index (χ3v) is 2.28. The van der Waals surface area contributed by atoms with Crippen LogP contribution in [-0.2, 0) is 6.54 Å². The lowest BCUT2D eigenvalue weighted by atomic mass is 10.3. The van der Waals surface area contributed by atoms with Crippen molar-refractivity contribution in [3.8, 4) is 0 Å². The Labute approximate surface area is 99.5 Å². The van der Waals surface area contributed by atoms with Gasteiger partial charge in [-0.3, -0.25) is 0 Å². The summed E-state index contributed by atoms with van der Waals surface area (Å²) in [5, 5.41) is 0. The van der Waals surface area contributed by atoms with Crippen molar-refractivity contribution in [3.05, 3.63) is 12.7 Å². The molecule has 4 N–H and O–H groups in total. The fourth-order valence-electron chi connectivity index (χ4n) is 1.49. The monoisotopic (exact) mass is 242 g/mol. The van der Waals surface area contributed by atoms with Crippen LogP contribution in [0.15, 0.2) is 12.7 Å². The number of nitrogens with zero attached hydrogens (tertiary/aromatic N) is 4.